The van der Waals surface area contributed by atoms with E-state index in [1.165, 1.54) is 18.2 Å². The molecule has 0 radical (unpaired) electrons. The molecular weight excluding hydrogens is 444 g/mol. The third-order valence-corrected chi connectivity index (χ3v) is 5.29. The molecule has 0 atom stereocenters. The molecule has 0 bridgehead atoms. The highest BCUT2D eigenvalue weighted by molar-refractivity contribution is 9.10. The van der Waals surface area contributed by atoms with Crippen LogP contribution in [-0.4, -0.2) is 18.5 Å². The molecule has 0 aliphatic heterocycles. The summed E-state index contributed by atoms with van der Waals surface area (Å²) in [6.07, 6.45) is 1.57. The van der Waals surface area contributed by atoms with Gasteiger partial charge in [-0.3, -0.25) is 0 Å². The molecule has 1 heterocycles. The normalized spacial score (nSPS) is 12.2. The third kappa shape index (κ3) is 3.21. The molecule has 1 aromatic carbocycles. The average Bonchev–Trinajstić information content (AvgIpc) is 2.80. The van der Waals surface area contributed by atoms with Crippen molar-refractivity contribution < 1.29 is 21.6 Å². The van der Waals surface area contributed by atoms with Crippen LogP contribution in [0.2, 0.25) is 10.0 Å². The Bertz CT molecular complexity index is 910. The molecule has 0 N–H and O–H groups in total. The second kappa shape index (κ2) is 6.02. The van der Waals surface area contributed by atoms with E-state index >= 15 is 0 Å². The van der Waals surface area contributed by atoms with Crippen molar-refractivity contribution in [3.63, 3.8) is 0 Å². The molecule has 122 valence electrons. The Balaban J connectivity index is 2.75. The van der Waals surface area contributed by atoms with Crippen molar-refractivity contribution in [2.75, 3.05) is 0 Å². The number of hydrogen-bond donors (Lipinski definition) is 0. The smallest absolute Gasteiger partial charge is 0.318 e. The summed E-state index contributed by atoms with van der Waals surface area (Å²) in [5.41, 5.74) is -6.15. The number of nitriles is 1. The maximum Gasteiger partial charge on any atom is 0.502 e. The molecule has 1 aromatic heterocycles. The fourth-order valence-electron chi connectivity index (χ4n) is 1.77. The minimum absolute atomic E-state index is 0.0525. The molecule has 0 aliphatic rings. The molecule has 0 saturated heterocycles. The summed E-state index contributed by atoms with van der Waals surface area (Å²) in [5.74, 6) is 0. The Morgan fingerprint density at radius 2 is 1.70 bits per heavy atom. The Morgan fingerprint density at radius 3 is 2.13 bits per heavy atom. The van der Waals surface area contributed by atoms with E-state index in [1.54, 1.807) is 0 Å². The minimum Gasteiger partial charge on any atom is -0.318 e. The maximum absolute atomic E-state index is 12.7. The van der Waals surface area contributed by atoms with Gasteiger partial charge in [0.05, 0.1) is 21.3 Å². The van der Waals surface area contributed by atoms with E-state index < -0.39 is 25.8 Å². The van der Waals surface area contributed by atoms with Crippen LogP contribution in [0.3, 0.4) is 0 Å². The van der Waals surface area contributed by atoms with E-state index in [-0.39, 0.29) is 15.7 Å². The molecule has 4 nitrogen and oxygen atoms in total. The molecule has 0 unspecified atom stereocenters. The van der Waals surface area contributed by atoms with Crippen LogP contribution in [0.5, 0.6) is 0 Å². The zero-order valence-corrected chi connectivity index (χ0v) is 14.6. The van der Waals surface area contributed by atoms with Gasteiger partial charge in [0.15, 0.2) is 0 Å². The topological polar surface area (TPSA) is 62.9 Å². The SMILES string of the molecule is N#Cc1cn(-c2c(Cl)cc(Br)cc2Cl)cc1S(=O)(=O)C(F)(F)F. The first-order valence-corrected chi connectivity index (χ1v) is 8.60. The van der Waals surface area contributed by atoms with Crippen LogP contribution in [-0.2, 0) is 9.84 Å². The summed E-state index contributed by atoms with van der Waals surface area (Å²) < 4.78 is 62.6. The second-order valence-corrected chi connectivity index (χ2v) is 7.86. The maximum atomic E-state index is 12.7. The van der Waals surface area contributed by atoms with E-state index in [9.17, 15) is 21.6 Å². The predicted octanol–water partition coefficient (Wildman–Crippen LogP) is 4.71. The lowest BCUT2D eigenvalue weighted by Crippen LogP contribution is -2.23. The number of halogens is 6. The molecule has 0 spiro atoms. The fraction of sp³-hybridized carbons (Fsp3) is 0.0833. The van der Waals surface area contributed by atoms with E-state index in [4.69, 9.17) is 28.5 Å². The average molecular weight is 448 g/mol. The predicted molar refractivity (Wildman–Crippen MR) is 81.4 cm³/mol. The van der Waals surface area contributed by atoms with Gasteiger partial charge in [-0.1, -0.05) is 39.1 Å². The minimum atomic E-state index is -5.68. The van der Waals surface area contributed by atoms with Crippen molar-refractivity contribution in [2.24, 2.45) is 0 Å². The zero-order chi connectivity index (χ0) is 17.6. The van der Waals surface area contributed by atoms with E-state index in [0.717, 1.165) is 10.8 Å². The highest BCUT2D eigenvalue weighted by Crippen LogP contribution is 2.36. The van der Waals surface area contributed by atoms with Crippen molar-refractivity contribution in [1.82, 2.24) is 4.57 Å². The standard InChI is InChI=1S/C12H4BrCl2F3N2O2S/c13-7-1-8(14)11(9(15)2-7)20-4-6(3-19)10(5-20)23(21,22)12(16,17)18/h1-2,4-5H. The summed E-state index contributed by atoms with van der Waals surface area (Å²) >= 11 is 15.1. The second-order valence-electron chi connectivity index (χ2n) is 4.22. The summed E-state index contributed by atoms with van der Waals surface area (Å²) in [7, 11) is -5.68. The van der Waals surface area contributed by atoms with Gasteiger partial charge >= 0.3 is 5.51 Å². The highest BCUT2D eigenvalue weighted by atomic mass is 79.9. The summed E-state index contributed by atoms with van der Waals surface area (Å²) in [6, 6.07) is 4.27. The number of rotatable bonds is 2. The van der Waals surface area contributed by atoms with Gasteiger partial charge in [-0.2, -0.15) is 18.4 Å². The van der Waals surface area contributed by atoms with Gasteiger partial charge in [0, 0.05) is 16.9 Å². The Kier molecular flexibility index (Phi) is 4.74. The quantitative estimate of drug-likeness (QED) is 0.669. The molecule has 0 saturated carbocycles. The first-order chi connectivity index (χ1) is 10.5. The number of aromatic nitrogens is 1. The number of sulfone groups is 1. The molecule has 23 heavy (non-hydrogen) atoms. The highest BCUT2D eigenvalue weighted by Gasteiger charge is 2.48. The fourth-order valence-corrected chi connectivity index (χ4v) is 4.06. The number of hydrogen-bond acceptors (Lipinski definition) is 3. The van der Waals surface area contributed by atoms with Gasteiger partial charge in [0.1, 0.15) is 11.0 Å². The molecule has 0 aliphatic carbocycles. The Labute approximate surface area is 147 Å². The monoisotopic (exact) mass is 446 g/mol. The Hall–Kier alpha value is -1.21. The number of benzene rings is 1. The number of alkyl halides is 3. The van der Waals surface area contributed by atoms with Crippen LogP contribution in [0, 0.1) is 11.3 Å². The lowest BCUT2D eigenvalue weighted by atomic mass is 10.3. The van der Waals surface area contributed by atoms with Crippen molar-refractivity contribution in [3.05, 3.63) is 44.6 Å². The molecule has 0 amide bonds. The van der Waals surface area contributed by atoms with Crippen LogP contribution in [0.15, 0.2) is 33.9 Å². The molecule has 0 fully saturated rings. The molecular formula is C12H4BrCl2F3N2O2S. The van der Waals surface area contributed by atoms with Gasteiger partial charge in [-0.25, -0.2) is 8.42 Å². The van der Waals surface area contributed by atoms with Crippen LogP contribution in [0.4, 0.5) is 13.2 Å². The lowest BCUT2D eigenvalue weighted by Gasteiger charge is -2.09. The van der Waals surface area contributed by atoms with Crippen molar-refractivity contribution in [1.29, 1.82) is 5.26 Å². The van der Waals surface area contributed by atoms with E-state index in [0.29, 0.717) is 10.7 Å². The summed E-state index contributed by atoms with van der Waals surface area (Å²) in [5, 5.41) is 9.03. The van der Waals surface area contributed by atoms with E-state index in [1.807, 2.05) is 0 Å². The van der Waals surface area contributed by atoms with Crippen molar-refractivity contribution in [3.8, 4) is 11.8 Å². The summed E-state index contributed by atoms with van der Waals surface area (Å²) in [6.45, 7) is 0. The van der Waals surface area contributed by atoms with Gasteiger partial charge in [0.25, 0.3) is 9.84 Å². The van der Waals surface area contributed by atoms with Crippen LogP contribution in [0.1, 0.15) is 5.56 Å². The summed E-state index contributed by atoms with van der Waals surface area (Å²) in [4.78, 5) is -1.16. The molecule has 11 heteroatoms. The first kappa shape index (κ1) is 18.1. The largest absolute Gasteiger partial charge is 0.502 e. The Morgan fingerprint density at radius 1 is 1.17 bits per heavy atom. The van der Waals surface area contributed by atoms with Crippen LogP contribution < -0.4 is 0 Å². The van der Waals surface area contributed by atoms with Gasteiger partial charge < -0.3 is 4.57 Å². The van der Waals surface area contributed by atoms with Crippen LogP contribution in [0.25, 0.3) is 5.69 Å². The molecule has 2 rings (SSSR count). The number of nitrogens with zero attached hydrogens (tertiary/aromatic N) is 2. The molecule has 2 aromatic rings. The zero-order valence-electron chi connectivity index (χ0n) is 10.7. The first-order valence-electron chi connectivity index (χ1n) is 5.57. The third-order valence-electron chi connectivity index (χ3n) is 2.74. The van der Waals surface area contributed by atoms with Crippen molar-refractivity contribution in [2.45, 2.75) is 10.4 Å². The van der Waals surface area contributed by atoms with Crippen molar-refractivity contribution >= 4 is 49.0 Å². The lowest BCUT2D eigenvalue weighted by molar-refractivity contribution is -0.0436. The van der Waals surface area contributed by atoms with Gasteiger partial charge in [-0.05, 0) is 12.1 Å². The van der Waals surface area contributed by atoms with E-state index in [2.05, 4.69) is 15.9 Å². The van der Waals surface area contributed by atoms with Gasteiger partial charge in [-0.15, -0.1) is 0 Å². The van der Waals surface area contributed by atoms with Crippen LogP contribution >= 0.6 is 39.1 Å². The van der Waals surface area contributed by atoms with Gasteiger partial charge in [0.2, 0.25) is 0 Å².